The van der Waals surface area contributed by atoms with E-state index in [1.54, 1.807) is 17.4 Å². The van der Waals surface area contributed by atoms with E-state index in [4.69, 9.17) is 4.98 Å². The molecule has 2 aromatic heterocycles. The molecular formula is C22H25N3O2S. The number of fused-ring (bicyclic) bond motifs is 3. The zero-order chi connectivity index (χ0) is 19.5. The van der Waals surface area contributed by atoms with Crippen LogP contribution >= 0.6 is 11.3 Å². The van der Waals surface area contributed by atoms with Gasteiger partial charge in [-0.1, -0.05) is 36.4 Å². The summed E-state index contributed by atoms with van der Waals surface area (Å²) in [4.78, 5) is 24.7. The van der Waals surface area contributed by atoms with Crippen LogP contribution < -0.4 is 5.56 Å². The van der Waals surface area contributed by atoms with E-state index in [2.05, 4.69) is 11.6 Å². The standard InChI is InChI=1S/C22H25N3O2S/c1-2-12-25(13-17(26)15-8-4-3-5-9-15)14-19-23-21(27)20-16-10-6-7-11-18(16)28-22(20)24-19/h2-5,8-9,17,26H,1,6-7,10-14H2,(H,23,24,27). The molecule has 4 rings (SSSR count). The van der Waals surface area contributed by atoms with Crippen LogP contribution in [0.3, 0.4) is 0 Å². The maximum Gasteiger partial charge on any atom is 0.259 e. The highest BCUT2D eigenvalue weighted by atomic mass is 32.1. The Balaban J connectivity index is 1.57. The molecule has 1 unspecified atom stereocenters. The second-order valence-corrected chi connectivity index (χ2v) is 8.40. The topological polar surface area (TPSA) is 69.2 Å². The summed E-state index contributed by atoms with van der Waals surface area (Å²) in [6.45, 7) is 5.33. The van der Waals surface area contributed by atoms with Crippen LogP contribution in [0.15, 0.2) is 47.8 Å². The summed E-state index contributed by atoms with van der Waals surface area (Å²) in [6.07, 6.45) is 5.56. The van der Waals surface area contributed by atoms with E-state index in [9.17, 15) is 9.90 Å². The molecule has 0 aliphatic heterocycles. The summed E-state index contributed by atoms with van der Waals surface area (Å²) < 4.78 is 0. The van der Waals surface area contributed by atoms with E-state index >= 15 is 0 Å². The van der Waals surface area contributed by atoms with Crippen molar-refractivity contribution in [2.45, 2.75) is 38.3 Å². The molecule has 28 heavy (non-hydrogen) atoms. The van der Waals surface area contributed by atoms with E-state index in [1.807, 2.05) is 35.2 Å². The van der Waals surface area contributed by atoms with Gasteiger partial charge in [0.1, 0.15) is 10.7 Å². The van der Waals surface area contributed by atoms with Crippen molar-refractivity contribution in [3.8, 4) is 0 Å². The average molecular weight is 396 g/mol. The molecular weight excluding hydrogens is 370 g/mol. The molecule has 0 amide bonds. The number of aliphatic hydroxyl groups excluding tert-OH is 1. The Bertz CT molecular complexity index is 1030. The van der Waals surface area contributed by atoms with E-state index in [0.29, 0.717) is 25.5 Å². The third-order valence-corrected chi connectivity index (χ3v) is 6.44. The van der Waals surface area contributed by atoms with Gasteiger partial charge in [0.05, 0.1) is 18.0 Å². The number of nitrogens with one attached hydrogen (secondary N) is 1. The number of aromatic amines is 1. The van der Waals surface area contributed by atoms with Crippen LogP contribution in [0.2, 0.25) is 0 Å². The molecule has 2 N–H and O–H groups in total. The van der Waals surface area contributed by atoms with Crippen molar-refractivity contribution in [1.29, 1.82) is 0 Å². The number of thiophene rings is 1. The lowest BCUT2D eigenvalue weighted by Crippen LogP contribution is -2.30. The van der Waals surface area contributed by atoms with Gasteiger partial charge in [-0.15, -0.1) is 17.9 Å². The fourth-order valence-electron chi connectivity index (χ4n) is 3.91. The molecule has 2 heterocycles. The Kier molecular flexibility index (Phi) is 5.71. The lowest BCUT2D eigenvalue weighted by molar-refractivity contribution is 0.114. The molecule has 0 radical (unpaired) electrons. The highest BCUT2D eigenvalue weighted by Gasteiger charge is 2.20. The molecule has 6 heteroatoms. The fourth-order valence-corrected chi connectivity index (χ4v) is 5.19. The van der Waals surface area contributed by atoms with Gasteiger partial charge in [-0.3, -0.25) is 9.69 Å². The summed E-state index contributed by atoms with van der Waals surface area (Å²) in [6, 6.07) is 9.60. The Morgan fingerprint density at radius 2 is 2.07 bits per heavy atom. The number of nitrogens with zero attached hydrogens (tertiary/aromatic N) is 2. The van der Waals surface area contributed by atoms with Crippen LogP contribution in [-0.4, -0.2) is 33.1 Å². The summed E-state index contributed by atoms with van der Waals surface area (Å²) in [5.74, 6) is 0.637. The van der Waals surface area contributed by atoms with E-state index in [0.717, 1.165) is 35.0 Å². The van der Waals surface area contributed by atoms with Gasteiger partial charge in [0.2, 0.25) is 0 Å². The molecule has 0 saturated carbocycles. The first-order valence-electron chi connectivity index (χ1n) is 9.75. The predicted octanol–water partition coefficient (Wildman–Crippen LogP) is 3.59. The Hall–Kier alpha value is -2.28. The number of aromatic nitrogens is 2. The zero-order valence-electron chi connectivity index (χ0n) is 15.9. The van der Waals surface area contributed by atoms with Crippen LogP contribution in [-0.2, 0) is 19.4 Å². The summed E-state index contributed by atoms with van der Waals surface area (Å²) in [5, 5.41) is 11.3. The van der Waals surface area contributed by atoms with E-state index < -0.39 is 6.10 Å². The summed E-state index contributed by atoms with van der Waals surface area (Å²) in [7, 11) is 0. The first kappa shape index (κ1) is 19.1. The van der Waals surface area contributed by atoms with Gasteiger partial charge >= 0.3 is 0 Å². The van der Waals surface area contributed by atoms with Crippen molar-refractivity contribution >= 4 is 21.6 Å². The summed E-state index contributed by atoms with van der Waals surface area (Å²) >= 11 is 1.66. The third kappa shape index (κ3) is 3.94. The highest BCUT2D eigenvalue weighted by molar-refractivity contribution is 7.18. The van der Waals surface area contributed by atoms with Crippen LogP contribution in [0.5, 0.6) is 0 Å². The van der Waals surface area contributed by atoms with Crippen LogP contribution in [0, 0.1) is 0 Å². The minimum atomic E-state index is -0.606. The van der Waals surface area contributed by atoms with Crippen molar-refractivity contribution in [1.82, 2.24) is 14.9 Å². The lowest BCUT2D eigenvalue weighted by Gasteiger charge is -2.23. The average Bonchev–Trinajstić information content (AvgIpc) is 3.07. The molecule has 1 atom stereocenters. The normalized spacial score (nSPS) is 14.9. The molecule has 1 aliphatic rings. The lowest BCUT2D eigenvalue weighted by atomic mass is 9.97. The van der Waals surface area contributed by atoms with Gasteiger partial charge in [-0.2, -0.15) is 0 Å². The second-order valence-electron chi connectivity index (χ2n) is 7.31. The number of hydrogen-bond donors (Lipinski definition) is 2. The molecule has 3 aromatic rings. The van der Waals surface area contributed by atoms with Gasteiger partial charge in [0.15, 0.2) is 0 Å². The van der Waals surface area contributed by atoms with E-state index in [1.165, 1.54) is 16.9 Å². The van der Waals surface area contributed by atoms with E-state index in [-0.39, 0.29) is 5.56 Å². The molecule has 0 fully saturated rings. The van der Waals surface area contributed by atoms with Gasteiger partial charge in [-0.25, -0.2) is 4.98 Å². The number of aliphatic hydroxyl groups is 1. The van der Waals surface area contributed by atoms with Crippen LogP contribution in [0.4, 0.5) is 0 Å². The van der Waals surface area contributed by atoms with Crippen LogP contribution in [0.1, 0.15) is 40.8 Å². The molecule has 1 aliphatic carbocycles. The smallest absolute Gasteiger partial charge is 0.259 e. The Morgan fingerprint density at radius 1 is 1.29 bits per heavy atom. The van der Waals surface area contributed by atoms with Gasteiger partial charge in [0, 0.05) is 18.0 Å². The molecule has 146 valence electrons. The molecule has 5 nitrogen and oxygen atoms in total. The van der Waals surface area contributed by atoms with Crippen molar-refractivity contribution in [3.63, 3.8) is 0 Å². The molecule has 1 aromatic carbocycles. The third-order valence-electron chi connectivity index (χ3n) is 5.25. The van der Waals surface area contributed by atoms with Crippen molar-refractivity contribution in [2.24, 2.45) is 0 Å². The van der Waals surface area contributed by atoms with Gasteiger partial charge in [0.25, 0.3) is 5.56 Å². The largest absolute Gasteiger partial charge is 0.387 e. The van der Waals surface area contributed by atoms with Crippen molar-refractivity contribution < 1.29 is 5.11 Å². The van der Waals surface area contributed by atoms with Crippen LogP contribution in [0.25, 0.3) is 10.2 Å². The SMILES string of the molecule is C=CCN(Cc1nc2sc3c(c2c(=O)[nH]1)CCCC3)CC(O)c1ccccc1. The maximum absolute atomic E-state index is 12.7. The Labute approximate surface area is 168 Å². The first-order chi connectivity index (χ1) is 13.7. The monoisotopic (exact) mass is 395 g/mol. The highest BCUT2D eigenvalue weighted by Crippen LogP contribution is 2.33. The van der Waals surface area contributed by atoms with Gasteiger partial charge in [-0.05, 0) is 36.8 Å². The molecule has 0 spiro atoms. The van der Waals surface area contributed by atoms with Crippen molar-refractivity contribution in [2.75, 3.05) is 13.1 Å². The number of rotatable bonds is 7. The molecule has 0 saturated heterocycles. The minimum absolute atomic E-state index is 0.0402. The summed E-state index contributed by atoms with van der Waals surface area (Å²) in [5.41, 5.74) is 2.04. The predicted molar refractivity (Wildman–Crippen MR) is 114 cm³/mol. The second kappa shape index (κ2) is 8.39. The quantitative estimate of drug-likeness (QED) is 0.600. The number of hydrogen-bond acceptors (Lipinski definition) is 5. The number of aryl methyl sites for hydroxylation is 2. The molecule has 0 bridgehead atoms. The number of H-pyrrole nitrogens is 1. The number of benzene rings is 1. The fraction of sp³-hybridized carbons (Fsp3) is 0.364. The zero-order valence-corrected chi connectivity index (χ0v) is 16.7. The van der Waals surface area contributed by atoms with Gasteiger partial charge < -0.3 is 10.1 Å². The minimum Gasteiger partial charge on any atom is -0.387 e. The van der Waals surface area contributed by atoms with Crippen molar-refractivity contribution in [3.05, 3.63) is 75.2 Å². The maximum atomic E-state index is 12.7. The Morgan fingerprint density at radius 3 is 2.86 bits per heavy atom. The first-order valence-corrected chi connectivity index (χ1v) is 10.6.